The van der Waals surface area contributed by atoms with Gasteiger partial charge in [0.1, 0.15) is 0 Å². The molecule has 0 saturated carbocycles. The van der Waals surface area contributed by atoms with Gasteiger partial charge in [0.05, 0.1) is 0 Å². The van der Waals surface area contributed by atoms with Crippen LogP contribution in [0.15, 0.2) is 35.3 Å². The largest absolute Gasteiger partial charge is 0.313 e. The van der Waals surface area contributed by atoms with Gasteiger partial charge in [-0.1, -0.05) is 33.6 Å². The van der Waals surface area contributed by atoms with Crippen LogP contribution in [0.2, 0.25) is 5.02 Å². The first-order valence-electron chi connectivity index (χ1n) is 4.42. The zero-order valence-electron chi connectivity index (χ0n) is 8.06. The van der Waals surface area contributed by atoms with Crippen molar-refractivity contribution in [2.75, 3.05) is 7.05 Å². The van der Waals surface area contributed by atoms with Crippen molar-refractivity contribution < 1.29 is 0 Å². The molecule has 0 radical (unpaired) electrons. The van der Waals surface area contributed by atoms with Gasteiger partial charge in [0.15, 0.2) is 0 Å². The summed E-state index contributed by atoms with van der Waals surface area (Å²) in [4.78, 5) is 0. The van der Waals surface area contributed by atoms with Crippen LogP contribution in [-0.2, 0) is 0 Å². The molecule has 1 unspecified atom stereocenters. The third-order valence-electron chi connectivity index (χ3n) is 2.08. The van der Waals surface area contributed by atoms with Crippen molar-refractivity contribution in [2.45, 2.75) is 12.5 Å². The Labute approximate surface area is 98.3 Å². The van der Waals surface area contributed by atoms with Gasteiger partial charge in [-0.15, -0.1) is 6.58 Å². The highest BCUT2D eigenvalue weighted by Crippen LogP contribution is 2.28. The Bertz CT molecular complexity index is 325. The van der Waals surface area contributed by atoms with Gasteiger partial charge in [0.2, 0.25) is 0 Å². The fourth-order valence-electron chi connectivity index (χ4n) is 1.35. The summed E-state index contributed by atoms with van der Waals surface area (Å²) in [5.74, 6) is 0. The van der Waals surface area contributed by atoms with Crippen LogP contribution in [0.4, 0.5) is 0 Å². The number of hydrogen-bond donors (Lipinski definition) is 1. The summed E-state index contributed by atoms with van der Waals surface area (Å²) in [5, 5.41) is 4.00. The third-order valence-corrected chi connectivity index (χ3v) is 2.92. The van der Waals surface area contributed by atoms with Crippen molar-refractivity contribution >= 4 is 27.5 Å². The number of hydrogen-bond acceptors (Lipinski definition) is 1. The topological polar surface area (TPSA) is 12.0 Å². The molecule has 1 aromatic carbocycles. The molecule has 0 fully saturated rings. The molecule has 0 spiro atoms. The molecule has 14 heavy (non-hydrogen) atoms. The Balaban J connectivity index is 3.01. The predicted molar refractivity (Wildman–Crippen MR) is 65.8 cm³/mol. The normalized spacial score (nSPS) is 12.5. The van der Waals surface area contributed by atoms with Gasteiger partial charge in [-0.25, -0.2) is 0 Å². The maximum atomic E-state index is 6.11. The van der Waals surface area contributed by atoms with Crippen molar-refractivity contribution in [3.63, 3.8) is 0 Å². The molecule has 0 aromatic heterocycles. The molecule has 3 heteroatoms. The van der Waals surface area contributed by atoms with Crippen LogP contribution in [0.1, 0.15) is 18.0 Å². The predicted octanol–water partition coefficient (Wildman–Crippen LogP) is 3.94. The number of nitrogens with one attached hydrogen (secondary N) is 1. The first kappa shape index (κ1) is 11.8. The molecule has 1 rings (SSSR count). The second-order valence-electron chi connectivity index (χ2n) is 3.03. The summed E-state index contributed by atoms with van der Waals surface area (Å²) in [7, 11) is 1.92. The fourth-order valence-corrected chi connectivity index (χ4v) is 1.98. The summed E-state index contributed by atoms with van der Waals surface area (Å²) < 4.78 is 1.04. The molecule has 0 aliphatic heterocycles. The quantitative estimate of drug-likeness (QED) is 0.820. The van der Waals surface area contributed by atoms with Gasteiger partial charge in [0.25, 0.3) is 0 Å². The van der Waals surface area contributed by atoms with Gasteiger partial charge >= 0.3 is 0 Å². The second-order valence-corrected chi connectivity index (χ2v) is 4.35. The van der Waals surface area contributed by atoms with Crippen molar-refractivity contribution in [3.8, 4) is 0 Å². The summed E-state index contributed by atoms with van der Waals surface area (Å²) in [5.41, 5.74) is 1.10. The molecule has 0 bridgehead atoms. The first-order valence-corrected chi connectivity index (χ1v) is 5.59. The lowest BCUT2D eigenvalue weighted by molar-refractivity contribution is 0.603. The Morgan fingerprint density at radius 1 is 1.64 bits per heavy atom. The minimum absolute atomic E-state index is 0.234. The van der Waals surface area contributed by atoms with E-state index >= 15 is 0 Å². The summed E-state index contributed by atoms with van der Waals surface area (Å²) in [6.45, 7) is 3.73. The SMILES string of the molecule is C=CCC(NC)c1cc(Br)ccc1Cl. The molecule has 0 aliphatic carbocycles. The highest BCUT2D eigenvalue weighted by molar-refractivity contribution is 9.10. The van der Waals surface area contributed by atoms with E-state index in [2.05, 4.69) is 27.8 Å². The maximum absolute atomic E-state index is 6.11. The fraction of sp³-hybridized carbons (Fsp3) is 0.273. The smallest absolute Gasteiger partial charge is 0.0454 e. The monoisotopic (exact) mass is 273 g/mol. The van der Waals surface area contributed by atoms with E-state index in [-0.39, 0.29) is 6.04 Å². The van der Waals surface area contributed by atoms with Gasteiger partial charge in [-0.2, -0.15) is 0 Å². The Kier molecular flexibility index (Phi) is 4.66. The van der Waals surface area contributed by atoms with Crippen molar-refractivity contribution in [1.29, 1.82) is 0 Å². The summed E-state index contributed by atoms with van der Waals surface area (Å²) >= 11 is 9.54. The lowest BCUT2D eigenvalue weighted by atomic mass is 10.0. The first-order chi connectivity index (χ1) is 6.69. The van der Waals surface area contributed by atoms with Crippen LogP contribution in [0.3, 0.4) is 0 Å². The van der Waals surface area contributed by atoms with Crippen LogP contribution >= 0.6 is 27.5 Å². The van der Waals surface area contributed by atoms with Crippen molar-refractivity contribution in [1.82, 2.24) is 5.32 Å². The minimum atomic E-state index is 0.234. The number of benzene rings is 1. The zero-order chi connectivity index (χ0) is 10.6. The van der Waals surface area contributed by atoms with Crippen LogP contribution in [0, 0.1) is 0 Å². The zero-order valence-corrected chi connectivity index (χ0v) is 10.4. The summed E-state index contributed by atoms with van der Waals surface area (Å²) in [6.07, 6.45) is 2.76. The third kappa shape index (κ3) is 2.84. The molecule has 1 nitrogen and oxygen atoms in total. The minimum Gasteiger partial charge on any atom is -0.313 e. The van der Waals surface area contributed by atoms with E-state index in [1.54, 1.807) is 0 Å². The highest BCUT2D eigenvalue weighted by atomic mass is 79.9. The average Bonchev–Trinajstić information content (AvgIpc) is 2.18. The van der Waals surface area contributed by atoms with E-state index in [0.717, 1.165) is 21.5 Å². The van der Waals surface area contributed by atoms with Gasteiger partial charge in [-0.3, -0.25) is 0 Å². The van der Waals surface area contributed by atoms with Crippen LogP contribution in [-0.4, -0.2) is 7.05 Å². The molecule has 0 aliphatic rings. The molecule has 1 aromatic rings. The molecule has 0 amide bonds. The Morgan fingerprint density at radius 3 is 2.93 bits per heavy atom. The lowest BCUT2D eigenvalue weighted by Crippen LogP contribution is -2.15. The van der Waals surface area contributed by atoms with Crippen LogP contribution in [0.5, 0.6) is 0 Å². The van der Waals surface area contributed by atoms with Crippen molar-refractivity contribution in [2.24, 2.45) is 0 Å². The van der Waals surface area contributed by atoms with Crippen molar-refractivity contribution in [3.05, 3.63) is 45.9 Å². The van der Waals surface area contributed by atoms with E-state index in [9.17, 15) is 0 Å². The van der Waals surface area contributed by atoms with Crippen LogP contribution in [0.25, 0.3) is 0 Å². The van der Waals surface area contributed by atoms with Crippen LogP contribution < -0.4 is 5.32 Å². The van der Waals surface area contributed by atoms with E-state index < -0.39 is 0 Å². The van der Waals surface area contributed by atoms with Gasteiger partial charge in [-0.05, 0) is 37.2 Å². The Morgan fingerprint density at radius 2 is 2.36 bits per heavy atom. The molecule has 76 valence electrons. The van der Waals surface area contributed by atoms with E-state index in [4.69, 9.17) is 11.6 Å². The Hall–Kier alpha value is -0.310. The van der Waals surface area contributed by atoms with E-state index in [1.165, 1.54) is 0 Å². The molecule has 0 saturated heterocycles. The molecule has 1 N–H and O–H groups in total. The molecular formula is C11H13BrClN. The van der Waals surface area contributed by atoms with E-state index in [0.29, 0.717) is 0 Å². The molecule has 1 atom stereocenters. The molecular weight excluding hydrogens is 261 g/mol. The van der Waals surface area contributed by atoms with E-state index in [1.807, 2.05) is 31.3 Å². The lowest BCUT2D eigenvalue weighted by Gasteiger charge is -2.16. The number of halogens is 2. The second kappa shape index (κ2) is 5.54. The average molecular weight is 275 g/mol. The van der Waals surface area contributed by atoms with Gasteiger partial charge in [0, 0.05) is 15.5 Å². The number of rotatable bonds is 4. The highest BCUT2D eigenvalue weighted by Gasteiger charge is 2.11. The van der Waals surface area contributed by atoms with Gasteiger partial charge < -0.3 is 5.32 Å². The molecule has 0 heterocycles. The maximum Gasteiger partial charge on any atom is 0.0454 e. The standard InChI is InChI=1S/C11H13BrClN/c1-3-4-11(14-2)9-7-8(12)5-6-10(9)13/h3,5-7,11,14H,1,4H2,2H3. The summed E-state index contributed by atoms with van der Waals surface area (Å²) in [6, 6.07) is 6.10.